The first-order valence-electron chi connectivity index (χ1n) is 5.66. The Morgan fingerprint density at radius 3 is 2.07 bits per heavy atom. The molecule has 0 saturated carbocycles. The van der Waals surface area contributed by atoms with Crippen molar-refractivity contribution >= 4 is 5.91 Å². The Morgan fingerprint density at radius 2 is 1.73 bits per heavy atom. The van der Waals surface area contributed by atoms with Crippen LogP contribution in [-0.2, 0) is 4.79 Å². The number of hydrogen-bond donors (Lipinski definition) is 1. The van der Waals surface area contributed by atoms with Crippen molar-refractivity contribution in [2.24, 2.45) is 5.92 Å². The first-order valence-corrected chi connectivity index (χ1v) is 5.66. The average Bonchev–Trinajstić information content (AvgIpc) is 1.99. The Morgan fingerprint density at radius 1 is 1.27 bits per heavy atom. The Balaban J connectivity index is 4.30. The lowest BCUT2D eigenvalue weighted by molar-refractivity contribution is -0.134. The summed E-state index contributed by atoms with van der Waals surface area (Å²) >= 11 is 0. The minimum Gasteiger partial charge on any atom is -0.347 e. The summed E-state index contributed by atoms with van der Waals surface area (Å²) in [5.74, 6) is 0.774. The molecule has 1 atom stereocenters. The van der Waals surface area contributed by atoms with Crippen molar-refractivity contribution in [2.75, 3.05) is 14.1 Å². The van der Waals surface area contributed by atoms with Crippen molar-refractivity contribution in [3.63, 3.8) is 0 Å². The van der Waals surface area contributed by atoms with Gasteiger partial charge in [-0.15, -0.1) is 0 Å². The fourth-order valence-electron chi connectivity index (χ4n) is 2.00. The van der Waals surface area contributed by atoms with Gasteiger partial charge in [-0.2, -0.15) is 0 Å². The van der Waals surface area contributed by atoms with Crippen molar-refractivity contribution < 1.29 is 4.79 Å². The van der Waals surface area contributed by atoms with Crippen LogP contribution in [0.5, 0.6) is 0 Å². The molecule has 0 aromatic heterocycles. The molecular weight excluding hydrogens is 188 g/mol. The summed E-state index contributed by atoms with van der Waals surface area (Å²) < 4.78 is 0. The van der Waals surface area contributed by atoms with Crippen LogP contribution in [0.1, 0.15) is 41.0 Å². The number of rotatable bonds is 5. The highest BCUT2D eigenvalue weighted by atomic mass is 16.2. The van der Waals surface area contributed by atoms with Crippen LogP contribution < -0.4 is 5.32 Å². The summed E-state index contributed by atoms with van der Waals surface area (Å²) in [4.78, 5) is 13.5. The average molecular weight is 214 g/mol. The zero-order valence-corrected chi connectivity index (χ0v) is 11.2. The number of carbonyl (C=O) groups is 1. The van der Waals surface area contributed by atoms with Gasteiger partial charge in [-0.1, -0.05) is 13.8 Å². The number of nitrogens with one attached hydrogen (secondary N) is 1. The van der Waals surface area contributed by atoms with Crippen molar-refractivity contribution in [1.82, 2.24) is 10.2 Å². The minimum absolute atomic E-state index is 0.123. The molecule has 0 radical (unpaired) electrons. The van der Waals surface area contributed by atoms with Crippen LogP contribution in [0.4, 0.5) is 0 Å². The van der Waals surface area contributed by atoms with E-state index in [9.17, 15) is 4.79 Å². The molecule has 90 valence electrons. The summed E-state index contributed by atoms with van der Waals surface area (Å²) in [6.07, 6.45) is 1.09. The summed E-state index contributed by atoms with van der Waals surface area (Å²) in [7, 11) is 3.58. The highest BCUT2D eigenvalue weighted by molar-refractivity contribution is 5.85. The van der Waals surface area contributed by atoms with Gasteiger partial charge in [-0.25, -0.2) is 0 Å². The third-order valence-corrected chi connectivity index (χ3v) is 2.37. The zero-order chi connectivity index (χ0) is 12.2. The van der Waals surface area contributed by atoms with Gasteiger partial charge < -0.3 is 10.2 Å². The summed E-state index contributed by atoms with van der Waals surface area (Å²) in [5.41, 5.74) is -0.474. The van der Waals surface area contributed by atoms with Crippen LogP contribution in [-0.4, -0.2) is 36.5 Å². The van der Waals surface area contributed by atoms with E-state index in [1.54, 1.807) is 19.0 Å². The Bertz CT molecular complexity index is 210. The summed E-state index contributed by atoms with van der Waals surface area (Å²) in [6.45, 7) is 10.4. The first kappa shape index (κ1) is 14.4. The molecule has 1 amide bonds. The molecule has 0 aromatic carbocycles. The highest BCUT2D eigenvalue weighted by Crippen LogP contribution is 2.11. The molecular formula is C12H26N2O. The second-order valence-corrected chi connectivity index (χ2v) is 5.50. The van der Waals surface area contributed by atoms with E-state index in [-0.39, 0.29) is 5.91 Å². The first-order chi connectivity index (χ1) is 6.66. The third kappa shape index (κ3) is 5.17. The lowest BCUT2D eigenvalue weighted by Crippen LogP contribution is -2.55. The highest BCUT2D eigenvalue weighted by Gasteiger charge is 2.30. The normalized spacial score (nSPS) is 14.1. The maximum absolute atomic E-state index is 11.8. The monoisotopic (exact) mass is 214 g/mol. The quantitative estimate of drug-likeness (QED) is 0.758. The van der Waals surface area contributed by atoms with E-state index in [1.165, 1.54) is 0 Å². The van der Waals surface area contributed by atoms with Crippen LogP contribution in [0.15, 0.2) is 0 Å². The standard InChI is InChI=1S/C12H26N2O/c1-9(2)8-10(3)13-12(4,5)11(15)14(6)7/h9-10,13H,8H2,1-7H3. The second-order valence-electron chi connectivity index (χ2n) is 5.50. The number of carbonyl (C=O) groups excluding carboxylic acids is 1. The van der Waals surface area contributed by atoms with Gasteiger partial charge >= 0.3 is 0 Å². The third-order valence-electron chi connectivity index (χ3n) is 2.37. The number of nitrogens with zero attached hydrogens (tertiary/aromatic N) is 1. The molecule has 3 heteroatoms. The molecule has 0 bridgehead atoms. The number of amides is 1. The topological polar surface area (TPSA) is 32.3 Å². The molecule has 1 N–H and O–H groups in total. The molecule has 0 aliphatic carbocycles. The second kappa shape index (κ2) is 5.50. The molecule has 1 unspecified atom stereocenters. The van der Waals surface area contributed by atoms with Gasteiger partial charge in [-0.05, 0) is 33.1 Å². The zero-order valence-electron chi connectivity index (χ0n) is 11.2. The van der Waals surface area contributed by atoms with Gasteiger partial charge in [-0.3, -0.25) is 4.79 Å². The molecule has 0 heterocycles. The van der Waals surface area contributed by atoms with Gasteiger partial charge in [0.25, 0.3) is 0 Å². The maximum atomic E-state index is 11.8. The van der Waals surface area contributed by atoms with E-state index in [2.05, 4.69) is 26.1 Å². The van der Waals surface area contributed by atoms with Crippen molar-refractivity contribution in [1.29, 1.82) is 0 Å². The van der Waals surface area contributed by atoms with Gasteiger partial charge in [0.1, 0.15) is 0 Å². The van der Waals surface area contributed by atoms with E-state index in [4.69, 9.17) is 0 Å². The van der Waals surface area contributed by atoms with Crippen LogP contribution in [0.25, 0.3) is 0 Å². The summed E-state index contributed by atoms with van der Waals surface area (Å²) in [6, 6.07) is 0.365. The van der Waals surface area contributed by atoms with Crippen LogP contribution in [0, 0.1) is 5.92 Å². The molecule has 0 aromatic rings. The van der Waals surface area contributed by atoms with E-state index in [0.717, 1.165) is 6.42 Å². The predicted molar refractivity (Wildman–Crippen MR) is 64.8 cm³/mol. The molecule has 0 saturated heterocycles. The van der Waals surface area contributed by atoms with E-state index >= 15 is 0 Å². The van der Waals surface area contributed by atoms with E-state index in [1.807, 2.05) is 13.8 Å². The Hall–Kier alpha value is -0.570. The fraction of sp³-hybridized carbons (Fsp3) is 0.917. The molecule has 3 nitrogen and oxygen atoms in total. The number of hydrogen-bond acceptors (Lipinski definition) is 2. The predicted octanol–water partition coefficient (Wildman–Crippen LogP) is 1.88. The van der Waals surface area contributed by atoms with Gasteiger partial charge in [0.2, 0.25) is 5.91 Å². The molecule has 0 aliphatic heterocycles. The number of likely N-dealkylation sites (N-methyl/N-ethyl adjacent to an activating group) is 1. The van der Waals surface area contributed by atoms with E-state index < -0.39 is 5.54 Å². The maximum Gasteiger partial charge on any atom is 0.241 e. The van der Waals surface area contributed by atoms with Crippen molar-refractivity contribution in [3.8, 4) is 0 Å². The molecule has 15 heavy (non-hydrogen) atoms. The largest absolute Gasteiger partial charge is 0.347 e. The minimum atomic E-state index is -0.474. The lowest BCUT2D eigenvalue weighted by atomic mass is 9.98. The molecule has 0 spiro atoms. The fourth-order valence-corrected chi connectivity index (χ4v) is 2.00. The molecule has 0 rings (SSSR count). The van der Waals surface area contributed by atoms with Gasteiger partial charge in [0.15, 0.2) is 0 Å². The van der Waals surface area contributed by atoms with Gasteiger partial charge in [0, 0.05) is 20.1 Å². The van der Waals surface area contributed by atoms with Gasteiger partial charge in [0.05, 0.1) is 5.54 Å². The van der Waals surface area contributed by atoms with Crippen LogP contribution >= 0.6 is 0 Å². The molecule has 0 fully saturated rings. The van der Waals surface area contributed by atoms with Crippen LogP contribution in [0.2, 0.25) is 0 Å². The van der Waals surface area contributed by atoms with Crippen LogP contribution in [0.3, 0.4) is 0 Å². The van der Waals surface area contributed by atoms with Crippen molar-refractivity contribution in [2.45, 2.75) is 52.6 Å². The Kier molecular flexibility index (Phi) is 5.29. The molecule has 0 aliphatic rings. The Labute approximate surface area is 94.2 Å². The lowest BCUT2D eigenvalue weighted by Gasteiger charge is -2.32. The SMILES string of the molecule is CC(C)CC(C)NC(C)(C)C(=O)N(C)C. The van der Waals surface area contributed by atoms with Crippen molar-refractivity contribution in [3.05, 3.63) is 0 Å². The summed E-state index contributed by atoms with van der Waals surface area (Å²) in [5, 5.41) is 3.38. The van der Waals surface area contributed by atoms with E-state index in [0.29, 0.717) is 12.0 Å². The smallest absolute Gasteiger partial charge is 0.241 e.